The summed E-state index contributed by atoms with van der Waals surface area (Å²) in [6.07, 6.45) is 1.34. The third-order valence-electron chi connectivity index (χ3n) is 3.43. The Morgan fingerprint density at radius 2 is 2.04 bits per heavy atom. The van der Waals surface area contributed by atoms with Gasteiger partial charge in [-0.15, -0.1) is 10.2 Å². The topological polar surface area (TPSA) is 83.0 Å². The van der Waals surface area contributed by atoms with Crippen LogP contribution in [0.3, 0.4) is 0 Å². The van der Waals surface area contributed by atoms with E-state index in [1.54, 1.807) is 12.1 Å². The van der Waals surface area contributed by atoms with E-state index in [-0.39, 0.29) is 12.4 Å². The molecule has 0 radical (unpaired) electrons. The molecular weight excluding hydrogens is 308 g/mol. The summed E-state index contributed by atoms with van der Waals surface area (Å²) in [5.41, 5.74) is 0.916. The molecule has 0 aliphatic carbocycles. The van der Waals surface area contributed by atoms with Crippen molar-refractivity contribution in [3.05, 3.63) is 54.0 Å². The molecule has 0 fully saturated rings. The second kappa shape index (κ2) is 7.54. The zero-order valence-electron chi connectivity index (χ0n) is 13.4. The third kappa shape index (κ3) is 3.87. The molecule has 7 heteroatoms. The molecule has 0 bridgehead atoms. The van der Waals surface area contributed by atoms with Crippen molar-refractivity contribution in [2.24, 2.45) is 0 Å². The number of carbonyl (C=O) groups is 1. The first-order chi connectivity index (χ1) is 11.8. The van der Waals surface area contributed by atoms with E-state index in [4.69, 9.17) is 9.15 Å². The summed E-state index contributed by atoms with van der Waals surface area (Å²) < 4.78 is 10.5. The third-order valence-corrected chi connectivity index (χ3v) is 3.43. The second-order valence-corrected chi connectivity index (χ2v) is 5.18. The predicted octanol–water partition coefficient (Wildman–Crippen LogP) is 2.74. The van der Waals surface area contributed by atoms with E-state index in [0.29, 0.717) is 18.8 Å². The quantitative estimate of drug-likeness (QED) is 0.490. The Bertz CT molecular complexity index is 795. The van der Waals surface area contributed by atoms with Crippen molar-refractivity contribution in [1.29, 1.82) is 0 Å². The molecule has 0 aliphatic heterocycles. The number of aryl methyl sites for hydroxylation is 2. The highest BCUT2D eigenvalue weighted by Crippen LogP contribution is 2.12. The van der Waals surface area contributed by atoms with E-state index in [2.05, 4.69) is 15.4 Å². The van der Waals surface area contributed by atoms with Crippen LogP contribution in [-0.2, 0) is 17.7 Å². The van der Waals surface area contributed by atoms with Gasteiger partial charge in [0.25, 0.3) is 0 Å². The summed E-state index contributed by atoms with van der Waals surface area (Å²) in [5, 5.41) is 12.3. The van der Waals surface area contributed by atoms with Crippen LogP contribution in [-0.4, -0.2) is 32.8 Å². The maximum atomic E-state index is 11.8. The number of furan rings is 1. The number of hydrogen-bond acceptors (Lipinski definition) is 6. The lowest BCUT2D eigenvalue weighted by atomic mass is 10.2. The van der Waals surface area contributed by atoms with E-state index in [1.165, 1.54) is 4.80 Å². The molecule has 1 aromatic carbocycles. The minimum Gasteiger partial charge on any atom is -0.460 e. The highest BCUT2D eigenvalue weighted by atomic mass is 16.5. The molecule has 124 valence electrons. The van der Waals surface area contributed by atoms with Gasteiger partial charge in [-0.25, -0.2) is 4.79 Å². The van der Waals surface area contributed by atoms with Crippen LogP contribution < -0.4 is 0 Å². The molecule has 2 aromatic heterocycles. The molecule has 3 aromatic rings. The Labute approximate surface area is 139 Å². The Balaban J connectivity index is 1.45. The lowest BCUT2D eigenvalue weighted by molar-refractivity contribution is 0.0455. The van der Waals surface area contributed by atoms with Gasteiger partial charge in [0.2, 0.25) is 11.6 Å². The van der Waals surface area contributed by atoms with Crippen LogP contribution >= 0.6 is 0 Å². The largest absolute Gasteiger partial charge is 0.460 e. The van der Waals surface area contributed by atoms with Gasteiger partial charge in [-0.3, -0.25) is 0 Å². The standard InChI is InChI=1S/C17H18N4O3/c1-2-14-9-10-15(24-14)17(22)23-12-6-11-21-19-16(18-20-21)13-7-4-3-5-8-13/h3-5,7-10H,2,6,11-12H2,1H3. The first-order valence-electron chi connectivity index (χ1n) is 7.85. The van der Waals surface area contributed by atoms with E-state index in [9.17, 15) is 4.79 Å². The van der Waals surface area contributed by atoms with Crippen molar-refractivity contribution in [3.8, 4) is 11.4 Å². The zero-order chi connectivity index (χ0) is 16.8. The lowest BCUT2D eigenvalue weighted by Crippen LogP contribution is -2.09. The molecule has 0 atom stereocenters. The molecule has 0 saturated carbocycles. The number of benzene rings is 1. The first-order valence-corrected chi connectivity index (χ1v) is 7.85. The lowest BCUT2D eigenvalue weighted by Gasteiger charge is -2.02. The summed E-state index contributed by atoms with van der Waals surface area (Å²) in [7, 11) is 0. The number of ether oxygens (including phenoxy) is 1. The molecule has 0 spiro atoms. The van der Waals surface area contributed by atoms with Gasteiger partial charge < -0.3 is 9.15 Å². The van der Waals surface area contributed by atoms with Crippen molar-refractivity contribution in [3.63, 3.8) is 0 Å². The maximum Gasteiger partial charge on any atom is 0.374 e. The van der Waals surface area contributed by atoms with Crippen LogP contribution in [0.4, 0.5) is 0 Å². The van der Waals surface area contributed by atoms with E-state index < -0.39 is 5.97 Å². The van der Waals surface area contributed by atoms with E-state index in [0.717, 1.165) is 17.7 Å². The minimum absolute atomic E-state index is 0.233. The molecule has 2 heterocycles. The highest BCUT2D eigenvalue weighted by Gasteiger charge is 2.12. The van der Waals surface area contributed by atoms with Crippen LogP contribution in [0.5, 0.6) is 0 Å². The number of tetrazole rings is 1. The SMILES string of the molecule is CCc1ccc(C(=O)OCCCn2nnc(-c3ccccc3)n2)o1. The van der Waals surface area contributed by atoms with Crippen molar-refractivity contribution >= 4 is 5.97 Å². The van der Waals surface area contributed by atoms with Crippen molar-refractivity contribution < 1.29 is 13.9 Å². The smallest absolute Gasteiger partial charge is 0.374 e. The summed E-state index contributed by atoms with van der Waals surface area (Å²) in [4.78, 5) is 13.3. The highest BCUT2D eigenvalue weighted by molar-refractivity contribution is 5.86. The number of hydrogen-bond donors (Lipinski definition) is 0. The van der Waals surface area contributed by atoms with Crippen LogP contribution in [0.15, 0.2) is 46.9 Å². The van der Waals surface area contributed by atoms with Gasteiger partial charge in [-0.1, -0.05) is 37.3 Å². The number of aromatic nitrogens is 4. The second-order valence-electron chi connectivity index (χ2n) is 5.18. The minimum atomic E-state index is -0.453. The van der Waals surface area contributed by atoms with Gasteiger partial charge in [0.05, 0.1) is 13.2 Å². The van der Waals surface area contributed by atoms with Crippen molar-refractivity contribution in [2.45, 2.75) is 26.3 Å². The van der Waals surface area contributed by atoms with Gasteiger partial charge in [0.1, 0.15) is 5.76 Å². The molecular formula is C17H18N4O3. The fraction of sp³-hybridized carbons (Fsp3) is 0.294. The molecule has 24 heavy (non-hydrogen) atoms. The average molecular weight is 326 g/mol. The van der Waals surface area contributed by atoms with Gasteiger partial charge in [-0.2, -0.15) is 4.80 Å². The number of rotatable bonds is 7. The fourth-order valence-electron chi connectivity index (χ4n) is 2.16. The Morgan fingerprint density at radius 3 is 2.79 bits per heavy atom. The summed E-state index contributed by atoms with van der Waals surface area (Å²) in [5.74, 6) is 1.13. The molecule has 0 amide bonds. The Hall–Kier alpha value is -2.96. The Morgan fingerprint density at radius 1 is 1.21 bits per heavy atom. The van der Waals surface area contributed by atoms with Crippen molar-refractivity contribution in [2.75, 3.05) is 6.61 Å². The average Bonchev–Trinajstić information content (AvgIpc) is 3.28. The molecule has 0 N–H and O–H groups in total. The summed E-state index contributed by atoms with van der Waals surface area (Å²) in [6.45, 7) is 2.75. The van der Waals surface area contributed by atoms with Gasteiger partial charge in [0.15, 0.2) is 0 Å². The Kier molecular flexibility index (Phi) is 5.00. The van der Waals surface area contributed by atoms with Crippen LogP contribution in [0.2, 0.25) is 0 Å². The molecule has 0 aliphatic rings. The van der Waals surface area contributed by atoms with Gasteiger partial charge in [-0.05, 0) is 17.3 Å². The first kappa shape index (κ1) is 15.9. The van der Waals surface area contributed by atoms with Gasteiger partial charge >= 0.3 is 5.97 Å². The number of esters is 1. The van der Waals surface area contributed by atoms with Crippen LogP contribution in [0.25, 0.3) is 11.4 Å². The van der Waals surface area contributed by atoms with Crippen molar-refractivity contribution in [1.82, 2.24) is 20.2 Å². The maximum absolute atomic E-state index is 11.8. The number of nitrogens with zero attached hydrogens (tertiary/aromatic N) is 4. The summed E-state index contributed by atoms with van der Waals surface area (Å²) >= 11 is 0. The normalized spacial score (nSPS) is 10.7. The fourth-order valence-corrected chi connectivity index (χ4v) is 2.16. The van der Waals surface area contributed by atoms with Gasteiger partial charge in [0, 0.05) is 18.4 Å². The van der Waals surface area contributed by atoms with Crippen LogP contribution in [0, 0.1) is 0 Å². The monoisotopic (exact) mass is 326 g/mol. The van der Waals surface area contributed by atoms with Crippen LogP contribution in [0.1, 0.15) is 29.7 Å². The van der Waals surface area contributed by atoms with E-state index >= 15 is 0 Å². The number of carbonyl (C=O) groups excluding carboxylic acids is 1. The molecule has 0 saturated heterocycles. The summed E-state index contributed by atoms with van der Waals surface area (Å²) in [6, 6.07) is 13.0. The predicted molar refractivity (Wildman–Crippen MR) is 86.2 cm³/mol. The molecule has 3 rings (SSSR count). The zero-order valence-corrected chi connectivity index (χ0v) is 13.4. The molecule has 7 nitrogen and oxygen atoms in total. The van der Waals surface area contributed by atoms with E-state index in [1.807, 2.05) is 37.3 Å². The molecule has 0 unspecified atom stereocenters.